The third-order valence-corrected chi connectivity index (χ3v) is 6.33. The molecule has 0 saturated carbocycles. The number of hydrogen-bond acceptors (Lipinski definition) is 5. The standard InChI is InChI=1S/C22H17ClN4OS/c23-17-8-6-15(7-9-17)16-10-19-18(20(28)11-16)12-24-21-25-22(26-27(19)21)29-13-14-4-2-1-3-5-14/h1-9,12,16H,10-11,13H2. The highest BCUT2D eigenvalue weighted by atomic mass is 35.5. The molecule has 2 aromatic carbocycles. The fourth-order valence-electron chi connectivity index (χ4n) is 3.68. The molecule has 1 aliphatic carbocycles. The number of thioether (sulfide) groups is 1. The van der Waals surface area contributed by atoms with Gasteiger partial charge in [0.05, 0.1) is 11.3 Å². The highest BCUT2D eigenvalue weighted by Gasteiger charge is 2.29. The van der Waals surface area contributed by atoms with E-state index in [4.69, 9.17) is 11.6 Å². The van der Waals surface area contributed by atoms with Crippen molar-refractivity contribution in [2.45, 2.75) is 29.7 Å². The van der Waals surface area contributed by atoms with E-state index < -0.39 is 0 Å². The Morgan fingerprint density at radius 1 is 1.07 bits per heavy atom. The second-order valence-corrected chi connectivity index (χ2v) is 8.46. The predicted octanol–water partition coefficient (Wildman–Crippen LogP) is 4.98. The molecule has 5 rings (SSSR count). The number of Topliss-reactive ketones (excluding diaryl/α,β-unsaturated/α-hetero) is 1. The van der Waals surface area contributed by atoms with Crippen molar-refractivity contribution < 1.29 is 4.79 Å². The summed E-state index contributed by atoms with van der Waals surface area (Å²) < 4.78 is 1.74. The summed E-state index contributed by atoms with van der Waals surface area (Å²) in [5.74, 6) is 1.51. The average Bonchev–Trinajstić information content (AvgIpc) is 3.17. The quantitative estimate of drug-likeness (QED) is 0.435. The van der Waals surface area contributed by atoms with Gasteiger partial charge in [0.25, 0.3) is 5.78 Å². The lowest BCUT2D eigenvalue weighted by atomic mass is 9.82. The summed E-state index contributed by atoms with van der Waals surface area (Å²) in [5, 5.41) is 6.01. The predicted molar refractivity (Wildman–Crippen MR) is 114 cm³/mol. The van der Waals surface area contributed by atoms with Crippen LogP contribution in [0.1, 0.15) is 39.5 Å². The van der Waals surface area contributed by atoms with Gasteiger partial charge in [0.15, 0.2) is 5.78 Å². The van der Waals surface area contributed by atoms with Gasteiger partial charge in [-0.2, -0.15) is 9.50 Å². The number of nitrogens with zero attached hydrogens (tertiary/aromatic N) is 4. The highest BCUT2D eigenvalue weighted by molar-refractivity contribution is 7.98. The van der Waals surface area contributed by atoms with E-state index in [9.17, 15) is 4.79 Å². The van der Waals surface area contributed by atoms with E-state index in [1.54, 1.807) is 22.5 Å². The van der Waals surface area contributed by atoms with E-state index in [0.717, 1.165) is 17.0 Å². The molecule has 1 aliphatic rings. The van der Waals surface area contributed by atoms with Crippen molar-refractivity contribution >= 4 is 34.9 Å². The summed E-state index contributed by atoms with van der Waals surface area (Å²) in [6.07, 6.45) is 2.82. The van der Waals surface area contributed by atoms with Gasteiger partial charge in [-0.1, -0.05) is 65.8 Å². The van der Waals surface area contributed by atoms with Gasteiger partial charge >= 0.3 is 0 Å². The number of aromatic nitrogens is 4. The molecular weight excluding hydrogens is 404 g/mol. The smallest absolute Gasteiger partial charge is 0.253 e. The van der Waals surface area contributed by atoms with E-state index in [1.165, 1.54) is 5.56 Å². The molecule has 0 radical (unpaired) electrons. The molecule has 7 heteroatoms. The fraction of sp³-hybridized carbons (Fsp3) is 0.182. The van der Waals surface area contributed by atoms with Crippen LogP contribution in [-0.2, 0) is 12.2 Å². The van der Waals surface area contributed by atoms with Gasteiger partial charge in [0.2, 0.25) is 5.16 Å². The summed E-state index contributed by atoms with van der Waals surface area (Å²) in [4.78, 5) is 21.7. The maximum Gasteiger partial charge on any atom is 0.253 e. The van der Waals surface area contributed by atoms with E-state index in [2.05, 4.69) is 27.2 Å². The number of hydrogen-bond donors (Lipinski definition) is 0. The minimum absolute atomic E-state index is 0.0922. The third-order valence-electron chi connectivity index (χ3n) is 5.17. The Kier molecular flexibility index (Phi) is 4.81. The van der Waals surface area contributed by atoms with Crippen molar-refractivity contribution in [3.05, 3.63) is 88.2 Å². The van der Waals surface area contributed by atoms with Crippen molar-refractivity contribution in [1.82, 2.24) is 19.6 Å². The van der Waals surface area contributed by atoms with Crippen LogP contribution >= 0.6 is 23.4 Å². The zero-order chi connectivity index (χ0) is 19.8. The van der Waals surface area contributed by atoms with Crippen LogP contribution in [0.15, 0.2) is 66.0 Å². The molecule has 29 heavy (non-hydrogen) atoms. The summed E-state index contributed by atoms with van der Waals surface area (Å²) in [7, 11) is 0. The lowest BCUT2D eigenvalue weighted by Crippen LogP contribution is -2.22. The Morgan fingerprint density at radius 2 is 1.86 bits per heavy atom. The third kappa shape index (κ3) is 3.66. The molecule has 1 atom stereocenters. The van der Waals surface area contributed by atoms with Crippen LogP contribution in [0, 0.1) is 0 Å². The van der Waals surface area contributed by atoms with Crippen LogP contribution in [0.4, 0.5) is 0 Å². The van der Waals surface area contributed by atoms with Crippen LogP contribution in [-0.4, -0.2) is 25.4 Å². The van der Waals surface area contributed by atoms with Gasteiger partial charge < -0.3 is 0 Å². The fourth-order valence-corrected chi connectivity index (χ4v) is 4.58. The minimum Gasteiger partial charge on any atom is -0.294 e. The number of carbonyl (C=O) groups excluding carboxylic acids is 1. The van der Waals surface area contributed by atoms with Crippen molar-refractivity contribution in [2.24, 2.45) is 0 Å². The molecule has 5 nitrogen and oxygen atoms in total. The first-order valence-electron chi connectivity index (χ1n) is 9.37. The van der Waals surface area contributed by atoms with Gasteiger partial charge in [0, 0.05) is 23.4 Å². The monoisotopic (exact) mass is 420 g/mol. The zero-order valence-electron chi connectivity index (χ0n) is 15.5. The number of fused-ring (bicyclic) bond motifs is 3. The molecule has 144 valence electrons. The summed E-state index contributed by atoms with van der Waals surface area (Å²) in [5.41, 5.74) is 3.85. The largest absolute Gasteiger partial charge is 0.294 e. The Morgan fingerprint density at radius 3 is 2.66 bits per heavy atom. The van der Waals surface area contributed by atoms with Crippen molar-refractivity contribution in [3.8, 4) is 0 Å². The van der Waals surface area contributed by atoms with Gasteiger partial charge in [-0.15, -0.1) is 5.10 Å². The van der Waals surface area contributed by atoms with Crippen LogP contribution in [0.3, 0.4) is 0 Å². The Labute approximate surface area is 177 Å². The van der Waals surface area contributed by atoms with Gasteiger partial charge in [-0.3, -0.25) is 4.79 Å². The molecule has 0 fully saturated rings. The Hall–Kier alpha value is -2.70. The number of carbonyl (C=O) groups is 1. The van der Waals surface area contributed by atoms with E-state index in [-0.39, 0.29) is 11.7 Å². The number of halogens is 1. The van der Waals surface area contributed by atoms with E-state index >= 15 is 0 Å². The molecule has 0 spiro atoms. The van der Waals surface area contributed by atoms with Crippen molar-refractivity contribution in [1.29, 1.82) is 0 Å². The van der Waals surface area contributed by atoms with Crippen molar-refractivity contribution in [2.75, 3.05) is 0 Å². The first-order valence-corrected chi connectivity index (χ1v) is 10.7. The van der Waals surface area contributed by atoms with E-state index in [1.807, 2.05) is 42.5 Å². The molecule has 0 aliphatic heterocycles. The zero-order valence-corrected chi connectivity index (χ0v) is 17.0. The maximum atomic E-state index is 12.8. The Bertz CT molecular complexity index is 1190. The van der Waals surface area contributed by atoms with Crippen LogP contribution < -0.4 is 0 Å². The molecule has 2 aromatic heterocycles. The molecular formula is C22H17ClN4OS. The normalized spacial score (nSPS) is 16.2. The summed E-state index contributed by atoms with van der Waals surface area (Å²) in [6.45, 7) is 0. The highest BCUT2D eigenvalue weighted by Crippen LogP contribution is 2.33. The lowest BCUT2D eigenvalue weighted by Gasteiger charge is -2.23. The van der Waals surface area contributed by atoms with Crippen LogP contribution in [0.25, 0.3) is 5.78 Å². The molecule has 0 bridgehead atoms. The number of benzene rings is 2. The first kappa shape index (κ1) is 18.3. The van der Waals surface area contributed by atoms with Gasteiger partial charge in [-0.25, -0.2) is 4.98 Å². The average molecular weight is 421 g/mol. The second-order valence-electron chi connectivity index (χ2n) is 7.08. The van der Waals surface area contributed by atoms with Crippen LogP contribution in [0.2, 0.25) is 5.02 Å². The number of rotatable bonds is 4. The summed E-state index contributed by atoms with van der Waals surface area (Å²) >= 11 is 7.58. The summed E-state index contributed by atoms with van der Waals surface area (Å²) in [6, 6.07) is 17.9. The molecule has 0 saturated heterocycles. The molecule has 4 aromatic rings. The molecule has 0 N–H and O–H groups in total. The number of ketones is 1. The van der Waals surface area contributed by atoms with Crippen molar-refractivity contribution in [3.63, 3.8) is 0 Å². The van der Waals surface area contributed by atoms with Gasteiger partial charge in [-0.05, 0) is 35.6 Å². The van der Waals surface area contributed by atoms with E-state index in [0.29, 0.717) is 34.4 Å². The van der Waals surface area contributed by atoms with Crippen LogP contribution in [0.5, 0.6) is 0 Å². The minimum atomic E-state index is 0.0922. The maximum absolute atomic E-state index is 12.8. The first-order chi connectivity index (χ1) is 14.2. The molecule has 0 amide bonds. The van der Waals surface area contributed by atoms with Gasteiger partial charge in [0.1, 0.15) is 0 Å². The second kappa shape index (κ2) is 7.61. The Balaban J connectivity index is 1.46. The topological polar surface area (TPSA) is 60.2 Å². The lowest BCUT2D eigenvalue weighted by molar-refractivity contribution is 0.0962. The molecule has 1 unspecified atom stereocenters. The molecule has 2 heterocycles. The SMILES string of the molecule is O=C1CC(c2ccc(Cl)cc2)Cc2c1cnc1nc(SCc3ccccc3)nn21.